The molecule has 1 aliphatic heterocycles. The lowest BCUT2D eigenvalue weighted by Crippen LogP contribution is -2.24. The molecule has 7 nitrogen and oxygen atoms in total. The van der Waals surface area contributed by atoms with E-state index < -0.39 is 26.2 Å². The minimum Gasteiger partial charge on any atom is -0.312 e. The first-order valence-electron chi connectivity index (χ1n) is 3.19. The number of rotatable bonds is 3. The van der Waals surface area contributed by atoms with Gasteiger partial charge in [0, 0.05) is 10.8 Å². The highest BCUT2D eigenvalue weighted by Crippen LogP contribution is 2.31. The highest BCUT2D eigenvalue weighted by Gasteiger charge is 2.42. The summed E-state index contributed by atoms with van der Waals surface area (Å²) >= 11 is -0.0772. The van der Waals surface area contributed by atoms with Crippen LogP contribution in [0.25, 0.3) is 0 Å². The monoisotopic (exact) mass is 259 g/mol. The van der Waals surface area contributed by atoms with Crippen LogP contribution in [0.3, 0.4) is 0 Å². The van der Waals surface area contributed by atoms with Gasteiger partial charge in [0.15, 0.2) is 0 Å². The molecule has 1 heterocycles. The Morgan fingerprint density at radius 3 is 2.36 bits per heavy atom. The van der Waals surface area contributed by atoms with Gasteiger partial charge in [-0.2, -0.15) is 12.7 Å². The lowest BCUT2D eigenvalue weighted by atomic mass is 10.4. The molecule has 0 radical (unpaired) electrons. The summed E-state index contributed by atoms with van der Waals surface area (Å²) in [5, 5.41) is -1.18. The average Bonchev–Trinajstić information content (AvgIpc) is 2.24. The van der Waals surface area contributed by atoms with Gasteiger partial charge in [0.05, 0.1) is 6.42 Å². The zero-order valence-corrected chi connectivity index (χ0v) is 8.93. The molecule has 0 spiro atoms. The van der Waals surface area contributed by atoms with Gasteiger partial charge >= 0.3 is 9.15 Å². The molecule has 0 saturated carbocycles. The van der Waals surface area contributed by atoms with Crippen molar-refractivity contribution >= 4 is 44.0 Å². The van der Waals surface area contributed by atoms with E-state index in [2.05, 4.69) is 0 Å². The molecule has 14 heavy (non-hydrogen) atoms. The van der Waals surface area contributed by atoms with Crippen LogP contribution in [0.5, 0.6) is 0 Å². The molecule has 80 valence electrons. The van der Waals surface area contributed by atoms with Crippen molar-refractivity contribution in [3.63, 3.8) is 0 Å². The van der Waals surface area contributed by atoms with Crippen molar-refractivity contribution < 1.29 is 27.1 Å². The SMILES string of the molecule is O=C1CC(SS(=O)(=O)O)C(=O)N1SO. The van der Waals surface area contributed by atoms with Gasteiger partial charge in [0.1, 0.15) is 17.5 Å². The number of hydrogen-bond donors (Lipinski definition) is 2. The number of amides is 2. The second-order valence-electron chi connectivity index (χ2n) is 2.32. The molecular formula is C4H5NO6S3. The summed E-state index contributed by atoms with van der Waals surface area (Å²) < 4.78 is 38.2. The quantitative estimate of drug-likeness (QED) is 0.235. The molecule has 0 aromatic carbocycles. The topological polar surface area (TPSA) is 112 Å². The molecule has 1 unspecified atom stereocenters. The molecule has 2 amide bonds. The second kappa shape index (κ2) is 4.06. The first-order chi connectivity index (χ1) is 6.35. The Kier molecular flexibility index (Phi) is 3.42. The van der Waals surface area contributed by atoms with E-state index >= 15 is 0 Å². The predicted molar refractivity (Wildman–Crippen MR) is 49.6 cm³/mol. The zero-order chi connectivity index (χ0) is 10.9. The molecule has 1 rings (SSSR count). The van der Waals surface area contributed by atoms with Crippen LogP contribution < -0.4 is 0 Å². The third-order valence-electron chi connectivity index (χ3n) is 1.38. The molecular weight excluding hydrogens is 254 g/mol. The van der Waals surface area contributed by atoms with Crippen molar-refractivity contribution in [2.75, 3.05) is 0 Å². The van der Waals surface area contributed by atoms with Gasteiger partial charge in [-0.15, -0.1) is 0 Å². The molecule has 0 bridgehead atoms. The fourth-order valence-electron chi connectivity index (χ4n) is 0.890. The number of carbonyl (C=O) groups is 2. The van der Waals surface area contributed by atoms with E-state index in [4.69, 9.17) is 9.11 Å². The lowest BCUT2D eigenvalue weighted by molar-refractivity contribution is -0.131. The molecule has 2 N–H and O–H groups in total. The highest BCUT2D eigenvalue weighted by atomic mass is 33.1. The van der Waals surface area contributed by atoms with E-state index in [0.29, 0.717) is 4.31 Å². The maximum absolute atomic E-state index is 11.2. The van der Waals surface area contributed by atoms with Crippen LogP contribution in [0.15, 0.2) is 0 Å². The van der Waals surface area contributed by atoms with Crippen LogP contribution in [0.1, 0.15) is 6.42 Å². The number of carbonyl (C=O) groups excluding carboxylic acids is 2. The van der Waals surface area contributed by atoms with Crippen molar-refractivity contribution in [2.24, 2.45) is 0 Å². The lowest BCUT2D eigenvalue weighted by Gasteiger charge is -2.06. The Morgan fingerprint density at radius 2 is 2.00 bits per heavy atom. The van der Waals surface area contributed by atoms with E-state index in [0.717, 1.165) is 0 Å². The van der Waals surface area contributed by atoms with E-state index in [1.807, 2.05) is 0 Å². The van der Waals surface area contributed by atoms with Gasteiger partial charge in [-0.3, -0.25) is 14.1 Å². The van der Waals surface area contributed by atoms with Crippen molar-refractivity contribution in [3.05, 3.63) is 0 Å². The van der Waals surface area contributed by atoms with Crippen LogP contribution in [0.2, 0.25) is 0 Å². The third kappa shape index (κ3) is 2.60. The average molecular weight is 259 g/mol. The number of hydrogen-bond acceptors (Lipinski definition) is 7. The summed E-state index contributed by atoms with van der Waals surface area (Å²) in [6.45, 7) is 0. The van der Waals surface area contributed by atoms with Gasteiger partial charge in [-0.1, -0.05) is 0 Å². The summed E-state index contributed by atoms with van der Waals surface area (Å²) in [5.41, 5.74) is 0. The van der Waals surface area contributed by atoms with E-state index in [1.54, 1.807) is 0 Å². The van der Waals surface area contributed by atoms with Crippen LogP contribution >= 0.6 is 23.0 Å². The molecule has 1 saturated heterocycles. The summed E-state index contributed by atoms with van der Waals surface area (Å²) in [5.74, 6) is -1.53. The largest absolute Gasteiger partial charge is 0.320 e. The molecule has 0 aliphatic carbocycles. The summed E-state index contributed by atoms with van der Waals surface area (Å²) in [4.78, 5) is 22.1. The third-order valence-corrected chi connectivity index (χ3v) is 4.20. The van der Waals surface area contributed by atoms with Gasteiger partial charge < -0.3 is 4.55 Å². The second-order valence-corrected chi connectivity index (χ2v) is 6.31. The predicted octanol–water partition coefficient (Wildman–Crippen LogP) is -0.229. The van der Waals surface area contributed by atoms with Crippen LogP contribution in [0.4, 0.5) is 0 Å². The fourth-order valence-corrected chi connectivity index (χ4v) is 3.35. The minimum absolute atomic E-state index is 0.0134. The minimum atomic E-state index is -4.37. The van der Waals surface area contributed by atoms with Crippen LogP contribution in [-0.4, -0.2) is 38.9 Å². The van der Waals surface area contributed by atoms with Gasteiger partial charge in [-0.05, 0) is 0 Å². The number of imide groups is 1. The molecule has 0 aromatic rings. The van der Waals surface area contributed by atoms with Crippen molar-refractivity contribution in [1.82, 2.24) is 4.31 Å². The summed E-state index contributed by atoms with van der Waals surface area (Å²) in [6.07, 6.45) is -0.350. The van der Waals surface area contributed by atoms with Crippen LogP contribution in [0, 0.1) is 0 Å². The van der Waals surface area contributed by atoms with Gasteiger partial charge in [0.25, 0.3) is 5.91 Å². The highest BCUT2D eigenvalue weighted by molar-refractivity contribution is 8.70. The Hall–Kier alpha value is -0.290. The molecule has 0 aromatic heterocycles. The maximum Gasteiger partial charge on any atom is 0.320 e. The Balaban J connectivity index is 2.77. The van der Waals surface area contributed by atoms with E-state index in [-0.39, 0.29) is 29.4 Å². The summed E-state index contributed by atoms with van der Waals surface area (Å²) in [7, 11) is -4.38. The van der Waals surface area contributed by atoms with Gasteiger partial charge in [0.2, 0.25) is 5.91 Å². The van der Waals surface area contributed by atoms with Crippen molar-refractivity contribution in [3.8, 4) is 0 Å². The summed E-state index contributed by atoms with van der Waals surface area (Å²) in [6, 6.07) is 0. The Morgan fingerprint density at radius 1 is 1.43 bits per heavy atom. The Labute approximate surface area is 87.3 Å². The Bertz CT molecular complexity index is 363. The number of nitrogens with zero attached hydrogens (tertiary/aromatic N) is 1. The molecule has 1 fully saturated rings. The molecule has 1 aliphatic rings. The fraction of sp³-hybridized carbons (Fsp3) is 0.500. The normalized spacial score (nSPS) is 23.3. The van der Waals surface area contributed by atoms with E-state index in [9.17, 15) is 18.0 Å². The molecule has 10 heteroatoms. The first kappa shape index (κ1) is 11.8. The van der Waals surface area contributed by atoms with Gasteiger partial charge in [-0.25, -0.2) is 0 Å². The van der Waals surface area contributed by atoms with E-state index in [1.165, 1.54) is 0 Å². The van der Waals surface area contributed by atoms with Crippen LogP contribution in [-0.2, 0) is 18.7 Å². The first-order valence-corrected chi connectivity index (χ1v) is 6.76. The standard InChI is InChI=1S/C4H5NO6S3/c6-3-1-2(12-14(9,10)11)4(7)5(3)13-8/h2,8H,1H2,(H,9,10,11). The zero-order valence-electron chi connectivity index (χ0n) is 6.48. The molecule has 1 atom stereocenters. The smallest absolute Gasteiger partial charge is 0.312 e. The van der Waals surface area contributed by atoms with Crippen molar-refractivity contribution in [2.45, 2.75) is 11.7 Å². The van der Waals surface area contributed by atoms with Crippen molar-refractivity contribution in [1.29, 1.82) is 0 Å². The maximum atomic E-state index is 11.2.